The Hall–Kier alpha value is -0.0800. The van der Waals surface area contributed by atoms with Crippen LogP contribution in [0.4, 0.5) is 0 Å². The fraction of sp³-hybridized carbons (Fsp3) is 1.00. The van der Waals surface area contributed by atoms with Gasteiger partial charge in [-0.2, -0.15) is 0 Å². The lowest BCUT2D eigenvalue weighted by Crippen LogP contribution is -2.34. The topological polar surface area (TPSA) is 15.3 Å². The van der Waals surface area contributed by atoms with E-state index >= 15 is 0 Å². The highest BCUT2D eigenvalue weighted by atomic mass is 15.1. The lowest BCUT2D eigenvalue weighted by molar-refractivity contribution is 0.238. The van der Waals surface area contributed by atoms with E-state index in [1.54, 1.807) is 0 Å². The van der Waals surface area contributed by atoms with Gasteiger partial charge in [0.2, 0.25) is 0 Å². The molecule has 15 heavy (non-hydrogen) atoms. The highest BCUT2D eigenvalue weighted by Crippen LogP contribution is 2.29. The molecule has 1 saturated heterocycles. The Morgan fingerprint density at radius 3 is 2.67 bits per heavy atom. The molecule has 2 rings (SSSR count). The fourth-order valence-corrected chi connectivity index (χ4v) is 2.58. The van der Waals surface area contributed by atoms with Crippen LogP contribution in [-0.2, 0) is 0 Å². The third-order valence-electron chi connectivity index (χ3n) is 3.91. The van der Waals surface area contributed by atoms with Crippen LogP contribution in [-0.4, -0.2) is 37.6 Å². The first kappa shape index (κ1) is 11.4. The normalized spacial score (nSPS) is 27.2. The molecule has 0 amide bonds. The van der Waals surface area contributed by atoms with Crippen LogP contribution in [0.25, 0.3) is 0 Å². The predicted octanol–water partition coefficient (Wildman–Crippen LogP) is 2.11. The average molecular weight is 210 g/mol. The van der Waals surface area contributed by atoms with Crippen LogP contribution in [0.2, 0.25) is 0 Å². The van der Waals surface area contributed by atoms with E-state index in [1.807, 2.05) is 0 Å². The first-order valence-corrected chi connectivity index (χ1v) is 6.81. The molecule has 1 heterocycles. The minimum Gasteiger partial charge on any atom is -0.316 e. The number of hydrogen-bond acceptors (Lipinski definition) is 2. The smallest absolute Gasteiger partial charge is 0.000954 e. The Morgan fingerprint density at radius 1 is 1.20 bits per heavy atom. The number of piperidine rings is 1. The Labute approximate surface area is 94.4 Å². The largest absolute Gasteiger partial charge is 0.316 e. The van der Waals surface area contributed by atoms with Crippen molar-refractivity contribution in [3.05, 3.63) is 0 Å². The zero-order chi connectivity index (χ0) is 10.5. The summed E-state index contributed by atoms with van der Waals surface area (Å²) in [6, 6.07) is 0. The van der Waals surface area contributed by atoms with Gasteiger partial charge in [0.1, 0.15) is 0 Å². The summed E-state index contributed by atoms with van der Waals surface area (Å²) in [6.07, 6.45) is 7.23. The van der Waals surface area contributed by atoms with Crippen LogP contribution >= 0.6 is 0 Å². The van der Waals surface area contributed by atoms with Gasteiger partial charge in [0.05, 0.1) is 0 Å². The van der Waals surface area contributed by atoms with Gasteiger partial charge < -0.3 is 10.2 Å². The van der Waals surface area contributed by atoms with Crippen LogP contribution < -0.4 is 5.32 Å². The summed E-state index contributed by atoms with van der Waals surface area (Å²) >= 11 is 0. The Kier molecular flexibility index (Phi) is 4.45. The molecule has 0 aromatic carbocycles. The second-order valence-corrected chi connectivity index (χ2v) is 5.34. The van der Waals surface area contributed by atoms with Gasteiger partial charge in [-0.05, 0) is 70.1 Å². The van der Waals surface area contributed by atoms with Crippen molar-refractivity contribution in [3.63, 3.8) is 0 Å². The first-order chi connectivity index (χ1) is 7.38. The summed E-state index contributed by atoms with van der Waals surface area (Å²) in [7, 11) is 0. The van der Waals surface area contributed by atoms with Crippen LogP contribution in [0, 0.1) is 11.8 Å². The van der Waals surface area contributed by atoms with Crippen molar-refractivity contribution in [3.8, 4) is 0 Å². The van der Waals surface area contributed by atoms with Gasteiger partial charge in [-0.1, -0.05) is 6.92 Å². The molecule has 2 fully saturated rings. The molecule has 2 heteroatoms. The number of hydrogen-bond donors (Lipinski definition) is 1. The van der Waals surface area contributed by atoms with Crippen molar-refractivity contribution < 1.29 is 0 Å². The van der Waals surface area contributed by atoms with E-state index in [9.17, 15) is 0 Å². The molecule has 1 saturated carbocycles. The van der Waals surface area contributed by atoms with Crippen LogP contribution in [0.3, 0.4) is 0 Å². The summed E-state index contributed by atoms with van der Waals surface area (Å²) < 4.78 is 0. The molecule has 2 nitrogen and oxygen atoms in total. The molecule has 1 aliphatic carbocycles. The van der Waals surface area contributed by atoms with Crippen molar-refractivity contribution in [1.29, 1.82) is 0 Å². The zero-order valence-corrected chi connectivity index (χ0v) is 10.2. The number of nitrogens with zero attached hydrogens (tertiary/aromatic N) is 1. The highest BCUT2D eigenvalue weighted by Gasteiger charge is 2.24. The zero-order valence-electron chi connectivity index (χ0n) is 10.2. The van der Waals surface area contributed by atoms with Gasteiger partial charge in [-0.15, -0.1) is 0 Å². The molecule has 0 spiro atoms. The highest BCUT2D eigenvalue weighted by molar-refractivity contribution is 4.78. The molecular formula is C13H26N2. The molecule has 0 bridgehead atoms. The maximum absolute atomic E-state index is 3.51. The third kappa shape index (κ3) is 4.12. The van der Waals surface area contributed by atoms with Gasteiger partial charge in [0, 0.05) is 6.54 Å². The van der Waals surface area contributed by atoms with Crippen molar-refractivity contribution in [2.24, 2.45) is 11.8 Å². The average Bonchev–Trinajstić information content (AvgIpc) is 3.09. The third-order valence-corrected chi connectivity index (χ3v) is 3.91. The Balaban J connectivity index is 1.60. The maximum Gasteiger partial charge on any atom is 0.000954 e. The lowest BCUT2D eigenvalue weighted by atomic mass is 9.96. The van der Waals surface area contributed by atoms with Crippen molar-refractivity contribution in [2.75, 3.05) is 32.7 Å². The maximum atomic E-state index is 3.51. The Bertz CT molecular complexity index is 171. The molecule has 0 aromatic rings. The molecule has 0 aromatic heterocycles. The van der Waals surface area contributed by atoms with Crippen molar-refractivity contribution >= 4 is 0 Å². The quantitative estimate of drug-likeness (QED) is 0.722. The lowest BCUT2D eigenvalue weighted by Gasteiger charge is -2.26. The summed E-state index contributed by atoms with van der Waals surface area (Å²) in [5, 5.41) is 3.51. The van der Waals surface area contributed by atoms with E-state index in [0.717, 1.165) is 11.8 Å². The molecular weight excluding hydrogens is 184 g/mol. The van der Waals surface area contributed by atoms with Gasteiger partial charge in [0.15, 0.2) is 0 Å². The summed E-state index contributed by atoms with van der Waals surface area (Å²) in [4.78, 5) is 2.66. The SMILES string of the molecule is CCN(CCC1CCCNC1)CC1CC1. The number of nitrogens with one attached hydrogen (secondary N) is 1. The minimum absolute atomic E-state index is 0.951. The van der Waals surface area contributed by atoms with E-state index in [1.165, 1.54) is 64.8 Å². The summed E-state index contributed by atoms with van der Waals surface area (Å²) in [6.45, 7) is 8.77. The van der Waals surface area contributed by atoms with Gasteiger partial charge >= 0.3 is 0 Å². The second-order valence-electron chi connectivity index (χ2n) is 5.34. The molecule has 1 atom stereocenters. The van der Waals surface area contributed by atoms with E-state index in [4.69, 9.17) is 0 Å². The van der Waals surface area contributed by atoms with Crippen LogP contribution in [0.1, 0.15) is 39.0 Å². The predicted molar refractivity (Wildman–Crippen MR) is 65.0 cm³/mol. The fourth-order valence-electron chi connectivity index (χ4n) is 2.58. The van der Waals surface area contributed by atoms with E-state index in [0.29, 0.717) is 0 Å². The minimum atomic E-state index is 0.951. The van der Waals surface area contributed by atoms with Gasteiger partial charge in [0.25, 0.3) is 0 Å². The van der Waals surface area contributed by atoms with Crippen molar-refractivity contribution in [2.45, 2.75) is 39.0 Å². The van der Waals surface area contributed by atoms with E-state index < -0.39 is 0 Å². The van der Waals surface area contributed by atoms with E-state index in [-0.39, 0.29) is 0 Å². The summed E-state index contributed by atoms with van der Waals surface area (Å²) in [5.41, 5.74) is 0. The number of rotatable bonds is 6. The monoisotopic (exact) mass is 210 g/mol. The van der Waals surface area contributed by atoms with Crippen molar-refractivity contribution in [1.82, 2.24) is 10.2 Å². The van der Waals surface area contributed by atoms with E-state index in [2.05, 4.69) is 17.1 Å². The van der Waals surface area contributed by atoms with Gasteiger partial charge in [-0.3, -0.25) is 0 Å². The molecule has 0 radical (unpaired) electrons. The van der Waals surface area contributed by atoms with Crippen LogP contribution in [0.5, 0.6) is 0 Å². The van der Waals surface area contributed by atoms with Crippen LogP contribution in [0.15, 0.2) is 0 Å². The molecule has 2 aliphatic rings. The summed E-state index contributed by atoms with van der Waals surface area (Å²) in [5.74, 6) is 2.00. The molecule has 1 N–H and O–H groups in total. The first-order valence-electron chi connectivity index (χ1n) is 6.81. The molecule has 88 valence electrons. The molecule has 1 unspecified atom stereocenters. The van der Waals surface area contributed by atoms with Gasteiger partial charge in [-0.25, -0.2) is 0 Å². The second kappa shape index (κ2) is 5.86. The molecule has 1 aliphatic heterocycles. The standard InChI is InChI=1S/C13H26N2/c1-2-15(11-13-5-6-13)9-7-12-4-3-8-14-10-12/h12-14H,2-11H2,1H3. The Morgan fingerprint density at radius 2 is 2.07 bits per heavy atom.